The zero-order valence-corrected chi connectivity index (χ0v) is 27.0. The van der Waals surface area contributed by atoms with Gasteiger partial charge >= 0.3 is 12.1 Å². The molecule has 2 amide bonds. The molecule has 0 unspecified atom stereocenters. The number of rotatable bonds is 16. The van der Waals surface area contributed by atoms with Crippen molar-refractivity contribution in [3.63, 3.8) is 0 Å². The fourth-order valence-electron chi connectivity index (χ4n) is 4.92. The Morgan fingerprint density at radius 1 is 0.917 bits per heavy atom. The summed E-state index contributed by atoms with van der Waals surface area (Å²) in [7, 11) is 1.42. The van der Waals surface area contributed by atoms with Crippen molar-refractivity contribution < 1.29 is 52.0 Å². The first kappa shape index (κ1) is 37.8. The number of alkyl halides is 3. The SMILES string of the molecule is COc1ccc([C@H](NC(=O)[C@H](Cc2cccc(Cl)c2)NC(=O)c2cccc(OCC(=O)O)c2)C(=O)C[C@@H](C(C)C)[C@H](O)C(F)(F)F)cc1. The number of nitrogens with one attached hydrogen (secondary N) is 2. The number of ketones is 1. The molecule has 14 heteroatoms. The predicted octanol–water partition coefficient (Wildman–Crippen LogP) is 5.17. The molecule has 48 heavy (non-hydrogen) atoms. The predicted molar refractivity (Wildman–Crippen MR) is 170 cm³/mol. The molecule has 0 saturated heterocycles. The van der Waals surface area contributed by atoms with Gasteiger partial charge in [-0.15, -0.1) is 0 Å². The molecule has 0 radical (unpaired) electrons. The summed E-state index contributed by atoms with van der Waals surface area (Å²) in [6.07, 6.45) is -8.57. The second-order valence-corrected chi connectivity index (χ2v) is 11.8. The van der Waals surface area contributed by atoms with E-state index in [2.05, 4.69) is 10.6 Å². The first-order valence-corrected chi connectivity index (χ1v) is 15.2. The highest BCUT2D eigenvalue weighted by molar-refractivity contribution is 6.30. The lowest BCUT2D eigenvalue weighted by atomic mass is 9.83. The van der Waals surface area contributed by atoms with E-state index >= 15 is 0 Å². The number of aliphatic carboxylic acids is 1. The Bertz CT molecular complexity index is 1580. The Kier molecular flexibility index (Phi) is 13.4. The first-order valence-electron chi connectivity index (χ1n) is 14.8. The molecule has 3 rings (SSSR count). The number of benzene rings is 3. The van der Waals surface area contributed by atoms with Crippen LogP contribution in [0.15, 0.2) is 72.8 Å². The molecule has 4 atom stereocenters. The van der Waals surface area contributed by atoms with Gasteiger partial charge in [-0.3, -0.25) is 14.4 Å². The van der Waals surface area contributed by atoms with Gasteiger partial charge in [-0.1, -0.05) is 55.8 Å². The summed E-state index contributed by atoms with van der Waals surface area (Å²) in [5, 5.41) is 24.5. The molecular formula is C34H36ClF3N2O8. The number of amides is 2. The molecule has 0 bridgehead atoms. The molecule has 0 heterocycles. The third kappa shape index (κ3) is 11.0. The summed E-state index contributed by atoms with van der Waals surface area (Å²) < 4.78 is 50.8. The van der Waals surface area contributed by atoms with Crippen LogP contribution in [0.5, 0.6) is 11.5 Å². The molecule has 0 aliphatic heterocycles. The number of carbonyl (C=O) groups is 4. The number of carboxylic acid groups (broad SMARTS) is 1. The number of ether oxygens (including phenoxy) is 2. The van der Waals surface area contributed by atoms with E-state index in [1.807, 2.05) is 0 Å². The zero-order valence-electron chi connectivity index (χ0n) is 26.3. The average molecular weight is 693 g/mol. The molecule has 10 nitrogen and oxygen atoms in total. The number of carbonyl (C=O) groups excluding carboxylic acids is 3. The van der Waals surface area contributed by atoms with Gasteiger partial charge in [0.1, 0.15) is 23.6 Å². The number of hydrogen-bond donors (Lipinski definition) is 4. The number of hydrogen-bond acceptors (Lipinski definition) is 7. The van der Waals surface area contributed by atoms with Gasteiger partial charge in [0.25, 0.3) is 5.91 Å². The van der Waals surface area contributed by atoms with Gasteiger partial charge in [0.2, 0.25) is 5.91 Å². The Labute approximate surface area is 280 Å². The lowest BCUT2D eigenvalue weighted by Crippen LogP contribution is -2.50. The quantitative estimate of drug-likeness (QED) is 0.161. The summed E-state index contributed by atoms with van der Waals surface area (Å²) in [5.41, 5.74) is 0.807. The van der Waals surface area contributed by atoms with Crippen molar-refractivity contribution in [2.24, 2.45) is 11.8 Å². The summed E-state index contributed by atoms with van der Waals surface area (Å²) in [6.45, 7) is 2.25. The van der Waals surface area contributed by atoms with E-state index in [1.165, 1.54) is 69.5 Å². The summed E-state index contributed by atoms with van der Waals surface area (Å²) >= 11 is 6.14. The molecule has 0 saturated carbocycles. The number of carboxylic acids is 1. The summed E-state index contributed by atoms with van der Waals surface area (Å²) in [6, 6.07) is 15.3. The number of Topliss-reactive ketones (excluding diaryl/α,β-unsaturated/α-hetero) is 1. The Morgan fingerprint density at radius 3 is 2.17 bits per heavy atom. The van der Waals surface area contributed by atoms with Crippen LogP contribution in [0.4, 0.5) is 13.2 Å². The zero-order chi connectivity index (χ0) is 35.6. The number of halogens is 4. The standard InChI is InChI=1S/C34H36ClF3N2O8/c1-19(2)26(31(44)34(36,37)38)17-28(41)30(21-10-12-24(47-3)13-11-21)40-33(46)27(15-20-6-4-8-23(35)14-20)39-32(45)22-7-5-9-25(16-22)48-18-29(42)43/h4-14,16,19,26-27,30-31,44H,15,17-18H2,1-3H3,(H,39,45)(H,40,46)(H,42,43)/t26-,27-,30-,31-/m0/s1. The summed E-state index contributed by atoms with van der Waals surface area (Å²) in [5.74, 6) is -5.35. The van der Waals surface area contributed by atoms with Crippen molar-refractivity contribution in [2.45, 2.75) is 51.1 Å². The van der Waals surface area contributed by atoms with E-state index in [-0.39, 0.29) is 23.3 Å². The second kappa shape index (κ2) is 17.0. The van der Waals surface area contributed by atoms with Crippen molar-refractivity contribution in [1.29, 1.82) is 0 Å². The average Bonchev–Trinajstić information content (AvgIpc) is 3.04. The van der Waals surface area contributed by atoms with Gasteiger partial charge in [-0.05, 0) is 59.5 Å². The molecule has 3 aromatic carbocycles. The minimum Gasteiger partial charge on any atom is -0.497 e. The van der Waals surface area contributed by atoms with E-state index in [0.717, 1.165) is 0 Å². The van der Waals surface area contributed by atoms with Crippen LogP contribution in [0.1, 0.15) is 47.8 Å². The highest BCUT2D eigenvalue weighted by Crippen LogP contribution is 2.33. The van der Waals surface area contributed by atoms with Gasteiger partial charge in [0.05, 0.1) is 7.11 Å². The van der Waals surface area contributed by atoms with Crippen LogP contribution >= 0.6 is 11.6 Å². The van der Waals surface area contributed by atoms with Crippen molar-refractivity contribution in [2.75, 3.05) is 13.7 Å². The minimum atomic E-state index is -4.98. The topological polar surface area (TPSA) is 151 Å². The maximum Gasteiger partial charge on any atom is 0.414 e. The van der Waals surface area contributed by atoms with E-state index in [1.54, 1.807) is 24.3 Å². The molecule has 0 aromatic heterocycles. The summed E-state index contributed by atoms with van der Waals surface area (Å²) in [4.78, 5) is 51.9. The van der Waals surface area contributed by atoms with Crippen molar-refractivity contribution >= 4 is 35.2 Å². The van der Waals surface area contributed by atoms with E-state index in [9.17, 15) is 37.5 Å². The van der Waals surface area contributed by atoms with Crippen molar-refractivity contribution in [1.82, 2.24) is 10.6 Å². The molecule has 258 valence electrons. The van der Waals surface area contributed by atoms with Crippen molar-refractivity contribution in [3.8, 4) is 11.5 Å². The number of aliphatic hydroxyl groups excluding tert-OH is 1. The van der Waals surface area contributed by atoms with Gasteiger partial charge in [0.15, 0.2) is 18.5 Å². The van der Waals surface area contributed by atoms with Crippen LogP contribution in [0.2, 0.25) is 5.02 Å². The van der Waals surface area contributed by atoms with E-state index in [0.29, 0.717) is 16.3 Å². The van der Waals surface area contributed by atoms with Gasteiger partial charge < -0.3 is 30.3 Å². The van der Waals surface area contributed by atoms with Crippen LogP contribution in [-0.2, 0) is 20.8 Å². The molecule has 0 fully saturated rings. The van der Waals surface area contributed by atoms with Crippen LogP contribution < -0.4 is 20.1 Å². The lowest BCUT2D eigenvalue weighted by molar-refractivity contribution is -0.224. The number of aliphatic hydroxyl groups is 1. The molecule has 0 aliphatic carbocycles. The smallest absolute Gasteiger partial charge is 0.414 e. The lowest BCUT2D eigenvalue weighted by Gasteiger charge is -2.29. The first-order chi connectivity index (χ1) is 22.6. The van der Waals surface area contributed by atoms with Crippen LogP contribution in [0, 0.1) is 11.8 Å². The van der Waals surface area contributed by atoms with E-state index < -0.39 is 72.8 Å². The van der Waals surface area contributed by atoms with Crippen LogP contribution in [0.3, 0.4) is 0 Å². The Balaban J connectivity index is 1.96. The fraction of sp³-hybridized carbons (Fsp3) is 0.353. The highest BCUT2D eigenvalue weighted by atomic mass is 35.5. The van der Waals surface area contributed by atoms with Crippen LogP contribution in [-0.4, -0.2) is 65.8 Å². The highest BCUT2D eigenvalue weighted by Gasteiger charge is 2.45. The Morgan fingerprint density at radius 2 is 1.58 bits per heavy atom. The van der Waals surface area contributed by atoms with E-state index in [4.69, 9.17) is 26.2 Å². The van der Waals surface area contributed by atoms with Crippen molar-refractivity contribution in [3.05, 3.63) is 94.5 Å². The normalized spacial score (nSPS) is 13.9. The molecule has 4 N–H and O–H groups in total. The fourth-order valence-corrected chi connectivity index (χ4v) is 5.13. The number of methoxy groups -OCH3 is 1. The molecule has 0 aliphatic rings. The maximum absolute atomic E-state index is 13.9. The maximum atomic E-state index is 13.9. The largest absolute Gasteiger partial charge is 0.497 e. The van der Waals surface area contributed by atoms with Gasteiger partial charge in [-0.25, -0.2) is 4.79 Å². The van der Waals surface area contributed by atoms with Gasteiger partial charge in [-0.2, -0.15) is 13.2 Å². The second-order valence-electron chi connectivity index (χ2n) is 11.3. The van der Waals surface area contributed by atoms with Crippen LogP contribution in [0.25, 0.3) is 0 Å². The molecule has 0 spiro atoms. The monoisotopic (exact) mass is 692 g/mol. The minimum absolute atomic E-state index is 0.0328. The third-order valence-corrected chi connectivity index (χ3v) is 7.74. The third-order valence-electron chi connectivity index (χ3n) is 7.50. The Hall–Kier alpha value is -4.62. The molecule has 3 aromatic rings. The van der Waals surface area contributed by atoms with Gasteiger partial charge in [0, 0.05) is 29.3 Å². The molecular weight excluding hydrogens is 657 g/mol.